The summed E-state index contributed by atoms with van der Waals surface area (Å²) in [5.41, 5.74) is 0.524. The minimum atomic E-state index is -0.431. The normalized spacial score (nSPS) is 11.6. The average Bonchev–Trinajstić information content (AvgIpc) is 2.66. The molecule has 18 heavy (non-hydrogen) atoms. The fraction of sp³-hybridized carbons (Fsp3) is 0. The Hall–Kier alpha value is -1.40. The Bertz CT molecular complexity index is 586. The van der Waals surface area contributed by atoms with E-state index in [9.17, 15) is 10.1 Å². The molecule has 0 aliphatic heterocycles. The number of furan rings is 1. The molecule has 0 bridgehead atoms. The molecule has 0 fully saturated rings. The minimum absolute atomic E-state index is 0.00986. The maximum absolute atomic E-state index is 11.1. The third kappa shape index (κ3) is 2.88. The van der Waals surface area contributed by atoms with Crippen molar-refractivity contribution in [1.29, 1.82) is 0 Å². The monoisotopic (exact) mass is 371 g/mol. The number of benzene rings is 1. The van der Waals surface area contributed by atoms with Crippen molar-refractivity contribution in [3.63, 3.8) is 0 Å². The molecule has 4 nitrogen and oxygen atoms in total. The number of hydrogen-bond acceptors (Lipinski definition) is 3. The summed E-state index contributed by atoms with van der Waals surface area (Å²) < 4.78 is 6.52. The van der Waals surface area contributed by atoms with Crippen LogP contribution >= 0.6 is 31.9 Å². The van der Waals surface area contributed by atoms with Crippen LogP contribution in [0.15, 0.2) is 50.0 Å². The highest BCUT2D eigenvalue weighted by atomic mass is 79.9. The predicted molar refractivity (Wildman–Crippen MR) is 75.4 cm³/mol. The number of rotatable bonds is 3. The Morgan fingerprint density at radius 2 is 1.94 bits per heavy atom. The van der Waals surface area contributed by atoms with Gasteiger partial charge in [-0.3, -0.25) is 10.1 Å². The molecule has 0 saturated heterocycles. The van der Waals surface area contributed by atoms with Crippen molar-refractivity contribution in [2.45, 2.75) is 0 Å². The van der Waals surface area contributed by atoms with Gasteiger partial charge in [0.25, 0.3) is 5.70 Å². The van der Waals surface area contributed by atoms with Crippen molar-refractivity contribution in [2.75, 3.05) is 0 Å². The summed E-state index contributed by atoms with van der Waals surface area (Å²) in [5.74, 6) is 0.407. The second-order valence-corrected chi connectivity index (χ2v) is 5.00. The number of nitrogens with zero attached hydrogens (tertiary/aromatic N) is 1. The van der Waals surface area contributed by atoms with E-state index in [0.717, 1.165) is 0 Å². The smallest absolute Gasteiger partial charge is 0.280 e. The van der Waals surface area contributed by atoms with Gasteiger partial charge in [-0.2, -0.15) is 0 Å². The highest BCUT2D eigenvalue weighted by molar-refractivity contribution is 9.13. The molecule has 0 saturated carbocycles. The van der Waals surface area contributed by atoms with E-state index in [1.54, 1.807) is 36.4 Å². The lowest BCUT2D eigenvalue weighted by Crippen LogP contribution is -1.97. The third-order valence-corrected chi connectivity index (χ3v) is 3.92. The van der Waals surface area contributed by atoms with Crippen molar-refractivity contribution < 1.29 is 9.34 Å². The van der Waals surface area contributed by atoms with Crippen LogP contribution in [0.25, 0.3) is 11.8 Å². The van der Waals surface area contributed by atoms with Crippen LogP contribution in [0.1, 0.15) is 11.3 Å². The van der Waals surface area contributed by atoms with Crippen molar-refractivity contribution in [2.24, 2.45) is 0 Å². The fourth-order valence-corrected chi connectivity index (χ4v) is 2.03. The first-order valence-electron chi connectivity index (χ1n) is 4.94. The SMILES string of the molecule is O=[N+]([O-])/C(=C/c1cc(Br)c(Br)o1)c1ccccc1. The minimum Gasteiger partial charge on any atom is -0.449 e. The Kier molecular flexibility index (Phi) is 3.98. The van der Waals surface area contributed by atoms with Crippen molar-refractivity contribution >= 4 is 43.6 Å². The molecule has 0 N–H and O–H groups in total. The van der Waals surface area contributed by atoms with Gasteiger partial charge in [0.05, 0.1) is 21.0 Å². The summed E-state index contributed by atoms with van der Waals surface area (Å²) >= 11 is 6.45. The zero-order valence-electron chi connectivity index (χ0n) is 8.97. The van der Waals surface area contributed by atoms with Gasteiger partial charge in [0.1, 0.15) is 5.76 Å². The Morgan fingerprint density at radius 3 is 2.44 bits per heavy atom. The summed E-state index contributed by atoms with van der Waals surface area (Å²) in [7, 11) is 0. The average molecular weight is 373 g/mol. The van der Waals surface area contributed by atoms with Gasteiger partial charge < -0.3 is 4.42 Å². The summed E-state index contributed by atoms with van der Waals surface area (Å²) in [4.78, 5) is 10.6. The van der Waals surface area contributed by atoms with E-state index < -0.39 is 4.92 Å². The number of nitro groups is 1. The molecule has 0 spiro atoms. The van der Waals surface area contributed by atoms with Crippen molar-refractivity contribution in [3.05, 3.63) is 67.0 Å². The van der Waals surface area contributed by atoms with Gasteiger partial charge in [-0.05, 0) is 50.1 Å². The van der Waals surface area contributed by atoms with Gasteiger partial charge in [0, 0.05) is 0 Å². The number of hydrogen-bond donors (Lipinski definition) is 0. The zero-order chi connectivity index (χ0) is 13.1. The molecule has 1 aromatic carbocycles. The molecule has 0 atom stereocenters. The fourth-order valence-electron chi connectivity index (χ4n) is 1.42. The van der Waals surface area contributed by atoms with Gasteiger partial charge in [-0.1, -0.05) is 18.2 Å². The Balaban J connectivity index is 2.46. The van der Waals surface area contributed by atoms with E-state index in [4.69, 9.17) is 4.42 Å². The van der Waals surface area contributed by atoms with E-state index in [1.807, 2.05) is 0 Å². The molecular formula is C12H7Br2NO3. The van der Waals surface area contributed by atoms with E-state index in [0.29, 0.717) is 20.5 Å². The second-order valence-electron chi connectivity index (χ2n) is 3.42. The molecular weight excluding hydrogens is 366 g/mol. The Morgan fingerprint density at radius 1 is 1.28 bits per heavy atom. The Labute approximate surface area is 120 Å². The van der Waals surface area contributed by atoms with Gasteiger partial charge >= 0.3 is 0 Å². The molecule has 0 amide bonds. The van der Waals surface area contributed by atoms with Crippen molar-refractivity contribution in [3.8, 4) is 0 Å². The van der Waals surface area contributed by atoms with Crippen molar-refractivity contribution in [1.82, 2.24) is 0 Å². The highest BCUT2D eigenvalue weighted by Crippen LogP contribution is 2.29. The first kappa shape index (κ1) is 13.0. The van der Waals surface area contributed by atoms with Crippen LogP contribution in [0.3, 0.4) is 0 Å². The second kappa shape index (κ2) is 5.49. The van der Waals surface area contributed by atoms with Crippen LogP contribution in [0.5, 0.6) is 0 Å². The van der Waals surface area contributed by atoms with Gasteiger partial charge in [-0.15, -0.1) is 0 Å². The van der Waals surface area contributed by atoms with Gasteiger partial charge in [-0.25, -0.2) is 0 Å². The zero-order valence-corrected chi connectivity index (χ0v) is 12.1. The van der Waals surface area contributed by atoms with E-state index >= 15 is 0 Å². The van der Waals surface area contributed by atoms with E-state index in [2.05, 4.69) is 31.9 Å². The molecule has 6 heteroatoms. The van der Waals surface area contributed by atoms with Gasteiger partial charge in [0.15, 0.2) is 4.67 Å². The molecule has 2 rings (SSSR count). The molecule has 0 unspecified atom stereocenters. The van der Waals surface area contributed by atoms with Gasteiger partial charge in [0.2, 0.25) is 0 Å². The summed E-state index contributed by atoms with van der Waals surface area (Å²) in [6.07, 6.45) is 1.39. The quantitative estimate of drug-likeness (QED) is 0.585. The standard InChI is InChI=1S/C12H7Br2NO3/c13-10-6-9(18-12(10)14)7-11(15(16)17)8-4-2-1-3-5-8/h1-7H/b11-7+. The van der Waals surface area contributed by atoms with E-state index in [-0.39, 0.29) is 5.70 Å². The largest absolute Gasteiger partial charge is 0.449 e. The molecule has 1 aromatic heterocycles. The molecule has 0 aliphatic rings. The molecule has 1 heterocycles. The topological polar surface area (TPSA) is 56.3 Å². The van der Waals surface area contributed by atoms with Crippen LogP contribution in [0.2, 0.25) is 0 Å². The molecule has 92 valence electrons. The molecule has 2 aromatic rings. The summed E-state index contributed by atoms with van der Waals surface area (Å²) in [5, 5.41) is 11.1. The van der Waals surface area contributed by atoms with Crippen LogP contribution in [0, 0.1) is 10.1 Å². The summed E-state index contributed by atoms with van der Waals surface area (Å²) in [6.45, 7) is 0. The molecule has 0 radical (unpaired) electrons. The molecule has 0 aliphatic carbocycles. The lowest BCUT2D eigenvalue weighted by molar-refractivity contribution is -0.374. The first-order valence-corrected chi connectivity index (χ1v) is 6.53. The maximum atomic E-state index is 11.1. The highest BCUT2D eigenvalue weighted by Gasteiger charge is 2.15. The maximum Gasteiger partial charge on any atom is 0.280 e. The van der Waals surface area contributed by atoms with Crippen LogP contribution in [0.4, 0.5) is 0 Å². The van der Waals surface area contributed by atoms with Crippen LogP contribution in [-0.4, -0.2) is 4.92 Å². The third-order valence-electron chi connectivity index (χ3n) is 2.21. The lowest BCUT2D eigenvalue weighted by Gasteiger charge is -1.97. The summed E-state index contributed by atoms with van der Waals surface area (Å²) in [6, 6.07) is 10.3. The lowest BCUT2D eigenvalue weighted by atomic mass is 10.1. The van der Waals surface area contributed by atoms with Crippen LogP contribution < -0.4 is 0 Å². The predicted octanol–water partition coefficient (Wildman–Crippen LogP) is 4.58. The van der Waals surface area contributed by atoms with E-state index in [1.165, 1.54) is 6.08 Å². The number of halogens is 2. The first-order chi connectivity index (χ1) is 8.58. The van der Waals surface area contributed by atoms with Crippen LogP contribution in [-0.2, 0) is 0 Å².